The maximum absolute atomic E-state index is 12.5. The quantitative estimate of drug-likeness (QED) is 0.648. The van der Waals surface area contributed by atoms with Crippen LogP contribution >= 0.6 is 0 Å². The normalized spacial score (nSPS) is 11.8. The molecule has 0 N–H and O–H groups in total. The van der Waals surface area contributed by atoms with Crippen LogP contribution in [0.2, 0.25) is 0 Å². The van der Waals surface area contributed by atoms with Gasteiger partial charge < -0.3 is 4.40 Å². The minimum Gasteiger partial charge on any atom is -0.313 e. The molecule has 0 aliphatic rings. The van der Waals surface area contributed by atoms with Gasteiger partial charge in [-0.1, -0.05) is 37.6 Å². The summed E-state index contributed by atoms with van der Waals surface area (Å²) in [5, 5.41) is 0. The third-order valence-corrected chi connectivity index (χ3v) is 6.32. The first kappa shape index (κ1) is 17.4. The molecule has 4 nitrogen and oxygen atoms in total. The van der Waals surface area contributed by atoms with Gasteiger partial charge in [-0.3, -0.25) is 4.79 Å². The predicted molar refractivity (Wildman–Crippen MR) is 100 cm³/mol. The number of benzene rings is 1. The third-order valence-electron chi connectivity index (χ3n) is 4.53. The molecule has 0 aliphatic heterocycles. The maximum atomic E-state index is 12.5. The number of aromatic nitrogens is 1. The van der Waals surface area contributed by atoms with Gasteiger partial charge in [0.1, 0.15) is 0 Å². The van der Waals surface area contributed by atoms with Crippen LogP contribution in [0.25, 0.3) is 16.6 Å². The molecule has 1 aromatic carbocycles. The standard InChI is InChI=1S/C20H21NO3S/c1-4-15-7-8-16-11-17(19(13-22)21(16)12-15)18-10-14(3)6-9-20(18)25(23,24)5-2/h6-13H,4-5H2,1-3H3. The van der Waals surface area contributed by atoms with Gasteiger partial charge in [0.2, 0.25) is 0 Å². The van der Waals surface area contributed by atoms with Gasteiger partial charge in [-0.25, -0.2) is 8.42 Å². The van der Waals surface area contributed by atoms with Gasteiger partial charge in [0.15, 0.2) is 16.1 Å². The molecule has 0 saturated heterocycles. The predicted octanol–water partition coefficient (Wildman–Crippen LogP) is 4.08. The molecule has 3 aromatic rings. The maximum Gasteiger partial charge on any atom is 0.178 e. The van der Waals surface area contributed by atoms with Crippen molar-refractivity contribution in [2.45, 2.75) is 32.1 Å². The largest absolute Gasteiger partial charge is 0.313 e. The molecule has 0 bridgehead atoms. The molecule has 25 heavy (non-hydrogen) atoms. The molecule has 0 spiro atoms. The van der Waals surface area contributed by atoms with Crippen LogP contribution in [0.15, 0.2) is 47.5 Å². The Morgan fingerprint density at radius 3 is 2.44 bits per heavy atom. The average Bonchev–Trinajstić information content (AvgIpc) is 2.98. The fourth-order valence-electron chi connectivity index (χ4n) is 3.06. The molecule has 0 radical (unpaired) electrons. The highest BCUT2D eigenvalue weighted by atomic mass is 32.2. The van der Waals surface area contributed by atoms with Gasteiger partial charge >= 0.3 is 0 Å². The van der Waals surface area contributed by atoms with E-state index in [0.717, 1.165) is 29.4 Å². The topological polar surface area (TPSA) is 55.6 Å². The number of rotatable bonds is 5. The van der Waals surface area contributed by atoms with E-state index in [1.54, 1.807) is 19.1 Å². The molecule has 5 heteroatoms. The molecule has 0 aliphatic carbocycles. The fourth-order valence-corrected chi connectivity index (χ4v) is 4.15. The minimum atomic E-state index is -3.39. The Morgan fingerprint density at radius 2 is 1.80 bits per heavy atom. The third kappa shape index (κ3) is 3.00. The molecule has 0 atom stereocenters. The second kappa shape index (κ2) is 6.48. The molecular formula is C20H21NO3S. The van der Waals surface area contributed by atoms with Crippen LogP contribution in [0.5, 0.6) is 0 Å². The Hall–Kier alpha value is -2.40. The van der Waals surface area contributed by atoms with E-state index in [0.29, 0.717) is 16.8 Å². The van der Waals surface area contributed by atoms with E-state index in [4.69, 9.17) is 0 Å². The summed E-state index contributed by atoms with van der Waals surface area (Å²) in [6.07, 6.45) is 3.60. The summed E-state index contributed by atoms with van der Waals surface area (Å²) in [6, 6.07) is 11.1. The van der Waals surface area contributed by atoms with Gasteiger partial charge in [0.05, 0.1) is 16.3 Å². The van der Waals surface area contributed by atoms with Gasteiger partial charge in [0.25, 0.3) is 0 Å². The van der Waals surface area contributed by atoms with E-state index < -0.39 is 9.84 Å². The molecule has 0 amide bonds. The Bertz CT molecular complexity index is 1060. The van der Waals surface area contributed by atoms with Crippen LogP contribution in [0.1, 0.15) is 35.5 Å². The van der Waals surface area contributed by atoms with Crippen molar-refractivity contribution in [3.8, 4) is 11.1 Å². The molecule has 130 valence electrons. The number of sulfone groups is 1. The van der Waals surface area contributed by atoms with Gasteiger partial charge in [-0.05, 0) is 37.1 Å². The molecule has 0 unspecified atom stereocenters. The molecule has 2 aromatic heterocycles. The number of carbonyl (C=O) groups excluding carboxylic acids is 1. The number of aryl methyl sites for hydroxylation is 2. The molecule has 2 heterocycles. The average molecular weight is 355 g/mol. The molecule has 0 fully saturated rings. The Labute approximate surface area is 148 Å². The van der Waals surface area contributed by atoms with E-state index in [-0.39, 0.29) is 10.6 Å². The van der Waals surface area contributed by atoms with Crippen LogP contribution in [-0.4, -0.2) is 24.9 Å². The first-order valence-corrected chi connectivity index (χ1v) is 9.99. The lowest BCUT2D eigenvalue weighted by molar-refractivity contribution is 0.111. The van der Waals surface area contributed by atoms with Gasteiger partial charge in [-0.2, -0.15) is 0 Å². The van der Waals surface area contributed by atoms with E-state index in [9.17, 15) is 13.2 Å². The zero-order valence-corrected chi connectivity index (χ0v) is 15.4. The first-order chi connectivity index (χ1) is 11.9. The number of hydrogen-bond donors (Lipinski definition) is 0. The summed E-state index contributed by atoms with van der Waals surface area (Å²) >= 11 is 0. The number of nitrogens with zero attached hydrogens (tertiary/aromatic N) is 1. The second-order valence-electron chi connectivity index (χ2n) is 6.15. The van der Waals surface area contributed by atoms with Crippen molar-refractivity contribution in [2.75, 3.05) is 5.75 Å². The van der Waals surface area contributed by atoms with E-state index in [1.165, 1.54) is 0 Å². The lowest BCUT2D eigenvalue weighted by atomic mass is 10.0. The summed E-state index contributed by atoms with van der Waals surface area (Å²) in [5.41, 5.74) is 4.65. The first-order valence-electron chi connectivity index (χ1n) is 8.34. The summed E-state index contributed by atoms with van der Waals surface area (Å²) in [5.74, 6) is 0.0207. The van der Waals surface area contributed by atoms with Crippen molar-refractivity contribution in [3.05, 3.63) is 59.4 Å². The van der Waals surface area contributed by atoms with E-state index in [1.807, 2.05) is 41.8 Å². The molecule has 0 saturated carbocycles. The zero-order valence-electron chi connectivity index (χ0n) is 14.6. The van der Waals surface area contributed by atoms with Crippen LogP contribution in [-0.2, 0) is 16.3 Å². The highest BCUT2D eigenvalue weighted by molar-refractivity contribution is 7.91. The highest BCUT2D eigenvalue weighted by Gasteiger charge is 2.21. The number of pyridine rings is 1. The van der Waals surface area contributed by atoms with Crippen molar-refractivity contribution in [2.24, 2.45) is 0 Å². The Morgan fingerprint density at radius 1 is 1.04 bits per heavy atom. The van der Waals surface area contributed by atoms with Gasteiger partial charge in [-0.15, -0.1) is 0 Å². The minimum absolute atomic E-state index is 0.0207. The van der Waals surface area contributed by atoms with Crippen molar-refractivity contribution < 1.29 is 13.2 Å². The van der Waals surface area contributed by atoms with Crippen LogP contribution in [0.3, 0.4) is 0 Å². The van der Waals surface area contributed by atoms with E-state index >= 15 is 0 Å². The SMILES string of the molecule is CCc1ccc2cc(-c3cc(C)ccc3S(=O)(=O)CC)c(C=O)n2c1. The van der Waals surface area contributed by atoms with Crippen molar-refractivity contribution >= 4 is 21.6 Å². The summed E-state index contributed by atoms with van der Waals surface area (Å²) in [6.45, 7) is 5.60. The monoisotopic (exact) mass is 355 g/mol. The summed E-state index contributed by atoms with van der Waals surface area (Å²) in [7, 11) is -3.39. The van der Waals surface area contributed by atoms with Crippen LogP contribution < -0.4 is 0 Å². The van der Waals surface area contributed by atoms with Crippen molar-refractivity contribution in [1.29, 1.82) is 0 Å². The van der Waals surface area contributed by atoms with Crippen molar-refractivity contribution in [1.82, 2.24) is 4.40 Å². The zero-order chi connectivity index (χ0) is 18.2. The lowest BCUT2D eigenvalue weighted by Crippen LogP contribution is -2.06. The van der Waals surface area contributed by atoms with Crippen molar-refractivity contribution in [3.63, 3.8) is 0 Å². The van der Waals surface area contributed by atoms with Crippen LogP contribution in [0, 0.1) is 6.92 Å². The number of aldehydes is 1. The summed E-state index contributed by atoms with van der Waals surface area (Å²) in [4.78, 5) is 12.1. The lowest BCUT2D eigenvalue weighted by Gasteiger charge is -2.10. The fraction of sp³-hybridized carbons (Fsp3) is 0.250. The molecular weight excluding hydrogens is 334 g/mol. The summed E-state index contributed by atoms with van der Waals surface area (Å²) < 4.78 is 26.9. The Kier molecular flexibility index (Phi) is 4.52. The highest BCUT2D eigenvalue weighted by Crippen LogP contribution is 2.33. The second-order valence-corrected chi connectivity index (χ2v) is 8.40. The smallest absolute Gasteiger partial charge is 0.178 e. The molecule has 3 rings (SSSR count). The van der Waals surface area contributed by atoms with Crippen LogP contribution in [0.4, 0.5) is 0 Å². The number of hydrogen-bond acceptors (Lipinski definition) is 3. The Balaban J connectivity index is 2.37. The van der Waals surface area contributed by atoms with E-state index in [2.05, 4.69) is 6.92 Å². The number of fused-ring (bicyclic) bond motifs is 1. The number of carbonyl (C=O) groups is 1. The van der Waals surface area contributed by atoms with Gasteiger partial charge in [0, 0.05) is 22.8 Å².